The van der Waals surface area contributed by atoms with Gasteiger partial charge in [-0.3, -0.25) is 9.52 Å². The molecule has 2 aromatic rings. The third-order valence-electron chi connectivity index (χ3n) is 4.36. The number of anilines is 1. The molecule has 30 heavy (non-hydrogen) atoms. The highest BCUT2D eigenvalue weighted by Gasteiger charge is 2.16. The van der Waals surface area contributed by atoms with Gasteiger partial charge in [0.25, 0.3) is 15.9 Å². The molecule has 2 rings (SSSR count). The van der Waals surface area contributed by atoms with E-state index in [1.807, 2.05) is 13.8 Å². The molecule has 0 aliphatic heterocycles. The second-order valence-electron chi connectivity index (χ2n) is 7.04. The van der Waals surface area contributed by atoms with Gasteiger partial charge in [0.2, 0.25) is 0 Å². The van der Waals surface area contributed by atoms with E-state index >= 15 is 0 Å². The molecule has 2 aromatic carbocycles. The molecule has 0 spiro atoms. The Labute approximate surface area is 178 Å². The van der Waals surface area contributed by atoms with Gasteiger partial charge in [0, 0.05) is 11.7 Å². The van der Waals surface area contributed by atoms with E-state index in [1.54, 1.807) is 37.3 Å². The first-order valence-electron chi connectivity index (χ1n) is 10.0. The van der Waals surface area contributed by atoms with Crippen molar-refractivity contribution in [3.63, 3.8) is 0 Å². The normalized spacial score (nSPS) is 12.1. The van der Waals surface area contributed by atoms with Crippen LogP contribution >= 0.6 is 0 Å². The molecule has 0 aliphatic carbocycles. The van der Waals surface area contributed by atoms with Gasteiger partial charge in [-0.05, 0) is 75.2 Å². The number of rotatable bonds is 11. The number of benzene rings is 2. The highest BCUT2D eigenvalue weighted by molar-refractivity contribution is 7.92. The SMILES string of the molecule is CCC[C@H](C)NC(=O)COc1ccc(S(=O)(=O)Nc2ccc(OCC)cc2)cc1C. The third-order valence-corrected chi connectivity index (χ3v) is 5.74. The van der Waals surface area contributed by atoms with Crippen LogP contribution in [0.5, 0.6) is 11.5 Å². The van der Waals surface area contributed by atoms with Crippen LogP contribution in [0.15, 0.2) is 47.4 Å². The number of amides is 1. The second kappa shape index (κ2) is 10.9. The van der Waals surface area contributed by atoms with Crippen molar-refractivity contribution in [1.82, 2.24) is 5.32 Å². The lowest BCUT2D eigenvalue weighted by molar-refractivity contribution is -0.123. The van der Waals surface area contributed by atoms with Crippen molar-refractivity contribution in [1.29, 1.82) is 0 Å². The zero-order chi connectivity index (χ0) is 22.1. The fraction of sp³-hybridized carbons (Fsp3) is 0.409. The fourth-order valence-corrected chi connectivity index (χ4v) is 4.06. The molecular weight excluding hydrogens is 404 g/mol. The molecule has 0 aliphatic rings. The van der Waals surface area contributed by atoms with Crippen LogP contribution in [0.25, 0.3) is 0 Å². The lowest BCUT2D eigenvalue weighted by Gasteiger charge is -2.15. The molecule has 0 bridgehead atoms. The predicted octanol–water partition coefficient (Wildman–Crippen LogP) is 3.88. The summed E-state index contributed by atoms with van der Waals surface area (Å²) in [5.74, 6) is 0.934. The summed E-state index contributed by atoms with van der Waals surface area (Å²) in [6.45, 7) is 8.05. The van der Waals surface area contributed by atoms with Crippen molar-refractivity contribution < 1.29 is 22.7 Å². The number of carbonyl (C=O) groups excluding carboxylic acids is 1. The minimum atomic E-state index is -3.76. The maximum atomic E-state index is 12.7. The topological polar surface area (TPSA) is 93.7 Å². The first kappa shape index (κ1) is 23.5. The summed E-state index contributed by atoms with van der Waals surface area (Å²) in [5.41, 5.74) is 1.06. The molecule has 164 valence electrons. The summed E-state index contributed by atoms with van der Waals surface area (Å²) in [7, 11) is -3.76. The van der Waals surface area contributed by atoms with E-state index in [-0.39, 0.29) is 23.5 Å². The van der Waals surface area contributed by atoms with Gasteiger partial charge in [-0.1, -0.05) is 13.3 Å². The largest absolute Gasteiger partial charge is 0.494 e. The Morgan fingerprint density at radius 1 is 1.07 bits per heavy atom. The molecule has 7 nitrogen and oxygen atoms in total. The van der Waals surface area contributed by atoms with Crippen LogP contribution < -0.4 is 19.5 Å². The molecular formula is C22H30N2O5S. The van der Waals surface area contributed by atoms with Gasteiger partial charge in [0.05, 0.1) is 11.5 Å². The number of sulfonamides is 1. The minimum absolute atomic E-state index is 0.0911. The second-order valence-corrected chi connectivity index (χ2v) is 8.72. The maximum Gasteiger partial charge on any atom is 0.261 e. The Balaban J connectivity index is 2.01. The summed E-state index contributed by atoms with van der Waals surface area (Å²) < 4.78 is 38.8. The van der Waals surface area contributed by atoms with Crippen LogP contribution in [-0.4, -0.2) is 33.6 Å². The number of ether oxygens (including phenoxy) is 2. The highest BCUT2D eigenvalue weighted by atomic mass is 32.2. The number of nitrogens with one attached hydrogen (secondary N) is 2. The Morgan fingerprint density at radius 2 is 1.77 bits per heavy atom. The molecule has 1 atom stereocenters. The lowest BCUT2D eigenvalue weighted by Crippen LogP contribution is -2.36. The zero-order valence-electron chi connectivity index (χ0n) is 17.9. The molecule has 0 radical (unpaired) electrons. The average Bonchev–Trinajstić information content (AvgIpc) is 2.68. The molecule has 0 heterocycles. The average molecular weight is 435 g/mol. The number of hydrogen-bond acceptors (Lipinski definition) is 5. The van der Waals surface area contributed by atoms with E-state index in [0.29, 0.717) is 29.4 Å². The summed E-state index contributed by atoms with van der Waals surface area (Å²) in [5, 5.41) is 2.87. The summed E-state index contributed by atoms with van der Waals surface area (Å²) in [6, 6.07) is 11.3. The quantitative estimate of drug-likeness (QED) is 0.560. The van der Waals surface area contributed by atoms with Crippen molar-refractivity contribution in [2.45, 2.75) is 51.5 Å². The van der Waals surface area contributed by atoms with E-state index in [4.69, 9.17) is 9.47 Å². The van der Waals surface area contributed by atoms with E-state index in [0.717, 1.165) is 12.8 Å². The molecule has 0 saturated carbocycles. The molecule has 1 amide bonds. The molecule has 8 heteroatoms. The van der Waals surface area contributed by atoms with Crippen molar-refractivity contribution in [3.8, 4) is 11.5 Å². The zero-order valence-corrected chi connectivity index (χ0v) is 18.7. The van der Waals surface area contributed by atoms with E-state index in [1.165, 1.54) is 12.1 Å². The van der Waals surface area contributed by atoms with Crippen LogP contribution in [0.4, 0.5) is 5.69 Å². The fourth-order valence-electron chi connectivity index (χ4n) is 2.92. The highest BCUT2D eigenvalue weighted by Crippen LogP contribution is 2.24. The summed E-state index contributed by atoms with van der Waals surface area (Å²) in [4.78, 5) is 12.1. The van der Waals surface area contributed by atoms with E-state index in [9.17, 15) is 13.2 Å². The number of aryl methyl sites for hydroxylation is 1. The van der Waals surface area contributed by atoms with Gasteiger partial charge in [-0.25, -0.2) is 8.42 Å². The maximum absolute atomic E-state index is 12.7. The van der Waals surface area contributed by atoms with Gasteiger partial charge in [-0.2, -0.15) is 0 Å². The first-order valence-corrected chi connectivity index (χ1v) is 11.5. The van der Waals surface area contributed by atoms with Crippen LogP contribution in [0.2, 0.25) is 0 Å². The molecule has 2 N–H and O–H groups in total. The molecule has 0 fully saturated rings. The van der Waals surface area contributed by atoms with Gasteiger partial charge in [-0.15, -0.1) is 0 Å². The van der Waals surface area contributed by atoms with Crippen molar-refractivity contribution in [2.75, 3.05) is 17.9 Å². The van der Waals surface area contributed by atoms with Crippen molar-refractivity contribution in [2.24, 2.45) is 0 Å². The van der Waals surface area contributed by atoms with E-state index in [2.05, 4.69) is 17.0 Å². The monoisotopic (exact) mass is 434 g/mol. The smallest absolute Gasteiger partial charge is 0.261 e. The van der Waals surface area contributed by atoms with Crippen LogP contribution in [-0.2, 0) is 14.8 Å². The van der Waals surface area contributed by atoms with Crippen molar-refractivity contribution >= 4 is 21.6 Å². The van der Waals surface area contributed by atoms with Gasteiger partial charge < -0.3 is 14.8 Å². The van der Waals surface area contributed by atoms with Crippen LogP contribution in [0.1, 0.15) is 39.2 Å². The Bertz CT molecular complexity index is 943. The van der Waals surface area contributed by atoms with Gasteiger partial charge in [0.1, 0.15) is 11.5 Å². The van der Waals surface area contributed by atoms with E-state index < -0.39 is 10.0 Å². The number of hydrogen-bond donors (Lipinski definition) is 2. The molecule has 0 unspecified atom stereocenters. The predicted molar refractivity (Wildman–Crippen MR) is 118 cm³/mol. The van der Waals surface area contributed by atoms with Crippen LogP contribution in [0.3, 0.4) is 0 Å². The standard InChI is InChI=1S/C22H30N2O5S/c1-5-7-17(4)23-22(25)15-29-21-13-12-20(14-16(21)3)30(26,27)24-18-8-10-19(11-9-18)28-6-2/h8-14,17,24H,5-7,15H2,1-4H3,(H,23,25)/t17-/m0/s1. The first-order chi connectivity index (χ1) is 14.2. The molecule has 0 aromatic heterocycles. The van der Waals surface area contributed by atoms with Crippen LogP contribution in [0, 0.1) is 6.92 Å². The van der Waals surface area contributed by atoms with Crippen molar-refractivity contribution in [3.05, 3.63) is 48.0 Å². The molecule has 0 saturated heterocycles. The van der Waals surface area contributed by atoms with Gasteiger partial charge >= 0.3 is 0 Å². The number of carbonyl (C=O) groups is 1. The summed E-state index contributed by atoms with van der Waals surface area (Å²) in [6.07, 6.45) is 1.89. The Hall–Kier alpha value is -2.74. The lowest BCUT2D eigenvalue weighted by atomic mass is 10.2. The van der Waals surface area contributed by atoms with Gasteiger partial charge in [0.15, 0.2) is 6.61 Å². The summed E-state index contributed by atoms with van der Waals surface area (Å²) >= 11 is 0. The Morgan fingerprint density at radius 3 is 2.37 bits per heavy atom. The Kier molecular flexibility index (Phi) is 8.53. The third kappa shape index (κ3) is 6.95. The minimum Gasteiger partial charge on any atom is -0.494 e.